The van der Waals surface area contributed by atoms with Crippen LogP contribution in [0.1, 0.15) is 28.8 Å². The maximum Gasteiger partial charge on any atom is 0.460 e. The van der Waals surface area contributed by atoms with Crippen LogP contribution in [-0.4, -0.2) is 47.2 Å². The minimum absolute atomic E-state index is 0. The van der Waals surface area contributed by atoms with Crippen molar-refractivity contribution >= 4 is 57.4 Å². The van der Waals surface area contributed by atoms with Gasteiger partial charge >= 0.3 is 5.95 Å². The number of carbonyl (C=O) groups is 1. The maximum atomic E-state index is 12.9. The number of carbonyl (C=O) groups excluding carboxylic acids is 1. The molecule has 12 heteroatoms. The lowest BCUT2D eigenvalue weighted by atomic mass is 10.1. The Morgan fingerprint density at radius 1 is 0.821 bits per heavy atom. The molecule has 39 heavy (non-hydrogen) atoms. The van der Waals surface area contributed by atoms with E-state index in [4.69, 9.17) is 4.98 Å². The summed E-state index contributed by atoms with van der Waals surface area (Å²) in [4.78, 5) is 22.7. The monoisotopic (exact) mass is 548 g/mol. The average Bonchev–Trinajstić information content (AvgIpc) is 2.93. The molecular weight excluding hydrogens is 520 g/mol. The minimum atomic E-state index is -0.175. The van der Waals surface area contributed by atoms with Crippen molar-refractivity contribution in [1.29, 1.82) is 0 Å². The van der Waals surface area contributed by atoms with Gasteiger partial charge in [0.15, 0.2) is 5.52 Å². The van der Waals surface area contributed by atoms with Crippen LogP contribution < -0.4 is 25.5 Å². The summed E-state index contributed by atoms with van der Waals surface area (Å²) < 4.78 is 0.630. The summed E-state index contributed by atoms with van der Waals surface area (Å²) in [7, 11) is 0. The highest BCUT2D eigenvalue weighted by atomic mass is 35.5. The third-order valence-corrected chi connectivity index (χ3v) is 6.25. The van der Waals surface area contributed by atoms with Crippen LogP contribution >= 0.6 is 12.4 Å². The molecule has 0 atom stereocenters. The van der Waals surface area contributed by atoms with Gasteiger partial charge in [0, 0.05) is 17.5 Å². The van der Waals surface area contributed by atoms with Gasteiger partial charge in [-0.2, -0.15) is 0 Å². The van der Waals surface area contributed by atoms with E-state index in [9.17, 15) is 15.2 Å². The molecule has 0 bridgehead atoms. The van der Waals surface area contributed by atoms with Crippen molar-refractivity contribution < 1.29 is 14.4 Å². The van der Waals surface area contributed by atoms with Gasteiger partial charge in [0.25, 0.3) is 11.4 Å². The number of halogens is 1. The number of nitrogens with one attached hydrogen (secondary N) is 3. The Kier molecular flexibility index (Phi) is 8.84. The van der Waals surface area contributed by atoms with Gasteiger partial charge in [-0.15, -0.1) is 12.4 Å². The molecule has 3 aromatic carbocycles. The van der Waals surface area contributed by atoms with Crippen molar-refractivity contribution in [3.8, 4) is 0 Å². The maximum absolute atomic E-state index is 12.9. The number of nitrogens with zero attached hydrogens (tertiary/aromatic N) is 5. The fourth-order valence-corrected chi connectivity index (χ4v) is 4.29. The third-order valence-electron chi connectivity index (χ3n) is 6.25. The zero-order chi connectivity index (χ0) is 26.5. The molecule has 0 aliphatic heterocycles. The van der Waals surface area contributed by atoms with Crippen LogP contribution in [0.25, 0.3) is 33.1 Å². The number of aryl methyl sites for hydroxylation is 1. The molecule has 2 aromatic heterocycles. The third kappa shape index (κ3) is 6.05. The number of anilines is 1. The Morgan fingerprint density at radius 3 is 2.31 bits per heavy atom. The fraction of sp³-hybridized carbons (Fsp3) is 0.259. The normalized spacial score (nSPS) is 11.0. The van der Waals surface area contributed by atoms with Gasteiger partial charge in [0.05, 0.1) is 28.7 Å². The highest BCUT2D eigenvalue weighted by molar-refractivity contribution is 6.06. The van der Waals surface area contributed by atoms with E-state index in [2.05, 4.69) is 26.0 Å². The number of amides is 1. The van der Waals surface area contributed by atoms with Crippen molar-refractivity contribution in [2.45, 2.75) is 19.8 Å². The predicted molar refractivity (Wildman–Crippen MR) is 152 cm³/mol. The summed E-state index contributed by atoms with van der Waals surface area (Å²) in [6.45, 7) is 4.40. The molecule has 0 aliphatic carbocycles. The lowest BCUT2D eigenvalue weighted by Crippen LogP contribution is -2.44. The largest absolute Gasteiger partial charge is 0.739 e. The SMILES string of the molecule is Cc1cccc2nc3cccc(C(=O)NCCCNCCCNc4n[n+]([O-])c5ccccc5[n+]4[O-])c3nc12.Cl. The van der Waals surface area contributed by atoms with Crippen molar-refractivity contribution in [1.82, 2.24) is 25.7 Å². The van der Waals surface area contributed by atoms with Crippen LogP contribution in [0.4, 0.5) is 5.95 Å². The number of aromatic nitrogens is 5. The summed E-state index contributed by atoms with van der Waals surface area (Å²) in [5, 5.41) is 37.4. The van der Waals surface area contributed by atoms with E-state index in [1.54, 1.807) is 30.3 Å². The lowest BCUT2D eigenvalue weighted by molar-refractivity contribution is -0.672. The summed E-state index contributed by atoms with van der Waals surface area (Å²) in [6, 6.07) is 17.8. The number of benzene rings is 3. The van der Waals surface area contributed by atoms with Crippen LogP contribution in [-0.2, 0) is 0 Å². The van der Waals surface area contributed by atoms with E-state index >= 15 is 0 Å². The molecular formula is C27H29ClN8O3. The lowest BCUT2D eigenvalue weighted by Gasteiger charge is -2.10. The first kappa shape index (κ1) is 27.7. The molecule has 0 radical (unpaired) electrons. The van der Waals surface area contributed by atoms with Gasteiger partial charge in [-0.25, -0.2) is 14.7 Å². The smallest absolute Gasteiger partial charge is 0.460 e. The second-order valence-electron chi connectivity index (χ2n) is 8.96. The van der Waals surface area contributed by atoms with Crippen LogP contribution in [0, 0.1) is 17.3 Å². The number of para-hydroxylation sites is 4. The van der Waals surface area contributed by atoms with Gasteiger partial charge < -0.3 is 21.0 Å². The molecule has 0 spiro atoms. The van der Waals surface area contributed by atoms with Crippen LogP contribution in [0.2, 0.25) is 0 Å². The van der Waals surface area contributed by atoms with E-state index in [1.807, 2.05) is 37.3 Å². The molecule has 0 saturated carbocycles. The van der Waals surface area contributed by atoms with Gasteiger partial charge in [-0.05, 0) is 62.7 Å². The summed E-state index contributed by atoms with van der Waals surface area (Å²) in [5.74, 6) is -0.200. The van der Waals surface area contributed by atoms with Crippen molar-refractivity contribution in [3.05, 3.63) is 82.2 Å². The van der Waals surface area contributed by atoms with E-state index < -0.39 is 0 Å². The van der Waals surface area contributed by atoms with Crippen LogP contribution in [0.3, 0.4) is 0 Å². The van der Waals surface area contributed by atoms with Crippen LogP contribution in [0.5, 0.6) is 0 Å². The van der Waals surface area contributed by atoms with Gasteiger partial charge in [-0.1, -0.05) is 30.3 Å². The fourth-order valence-electron chi connectivity index (χ4n) is 4.29. The Labute approximate surface area is 230 Å². The molecule has 202 valence electrons. The molecule has 0 saturated heterocycles. The quantitative estimate of drug-likeness (QED) is 0.104. The molecule has 0 aliphatic rings. The summed E-state index contributed by atoms with van der Waals surface area (Å²) in [5.41, 5.74) is 4.91. The molecule has 0 fully saturated rings. The van der Waals surface area contributed by atoms with E-state index in [0.29, 0.717) is 45.8 Å². The van der Waals surface area contributed by atoms with Crippen molar-refractivity contribution in [2.24, 2.45) is 0 Å². The molecule has 11 nitrogen and oxygen atoms in total. The van der Waals surface area contributed by atoms with Gasteiger partial charge in [-0.3, -0.25) is 10.1 Å². The first-order valence-corrected chi connectivity index (χ1v) is 12.5. The Bertz CT molecular complexity index is 1630. The second kappa shape index (κ2) is 12.5. The Morgan fingerprint density at radius 2 is 1.51 bits per heavy atom. The molecule has 5 aromatic rings. The Hall–Kier alpha value is -4.35. The Balaban J connectivity index is 0.00000353. The second-order valence-corrected chi connectivity index (χ2v) is 8.96. The number of hydrogen-bond donors (Lipinski definition) is 3. The first-order valence-electron chi connectivity index (χ1n) is 12.5. The predicted octanol–water partition coefficient (Wildman–Crippen LogP) is 2.54. The molecule has 0 unspecified atom stereocenters. The topological polar surface area (TPSA) is 146 Å². The average molecular weight is 549 g/mol. The molecule has 5 rings (SSSR count). The van der Waals surface area contributed by atoms with Gasteiger partial charge in [0.1, 0.15) is 5.52 Å². The van der Waals surface area contributed by atoms with Crippen LogP contribution in [0.15, 0.2) is 60.7 Å². The highest BCUT2D eigenvalue weighted by Gasteiger charge is 2.19. The number of rotatable bonds is 10. The van der Waals surface area contributed by atoms with Gasteiger partial charge in [0.2, 0.25) is 5.10 Å². The zero-order valence-electron chi connectivity index (χ0n) is 21.4. The van der Waals surface area contributed by atoms with E-state index in [1.165, 1.54) is 0 Å². The van der Waals surface area contributed by atoms with Crippen molar-refractivity contribution in [2.75, 3.05) is 31.5 Å². The molecule has 1 amide bonds. The standard InChI is InChI=1S/C27H28N8O3.ClH/c1-18-8-4-10-20-24(18)32-25-19(9-5-11-21(25)31-20)26(36)29-16-6-14-28-15-7-17-30-27-33-35(38)23-13-3-2-12-22(23)34(27)37;/h2-5,8-13,28H,6-7,14-17H2,1H3,(H,29,36)(H,30,33);1H. The zero-order valence-corrected chi connectivity index (χ0v) is 22.2. The highest BCUT2D eigenvalue weighted by Crippen LogP contribution is 2.21. The molecule has 2 heterocycles. The molecule has 3 N–H and O–H groups in total. The first-order chi connectivity index (χ1) is 18.5. The number of hydrogen-bond acceptors (Lipinski definition) is 8. The van der Waals surface area contributed by atoms with E-state index in [-0.39, 0.29) is 35.3 Å². The van der Waals surface area contributed by atoms with Crippen molar-refractivity contribution in [3.63, 3.8) is 0 Å². The van der Waals surface area contributed by atoms with E-state index in [0.717, 1.165) is 36.0 Å². The summed E-state index contributed by atoms with van der Waals surface area (Å²) in [6.07, 6.45) is 1.47. The number of fused-ring (bicyclic) bond motifs is 3. The minimum Gasteiger partial charge on any atom is -0.739 e. The summed E-state index contributed by atoms with van der Waals surface area (Å²) >= 11 is 0.